The molecule has 0 radical (unpaired) electrons. The summed E-state index contributed by atoms with van der Waals surface area (Å²) in [4.78, 5) is 10.7. The fourth-order valence-electron chi connectivity index (χ4n) is 0.853. The maximum Gasteiger partial charge on any atom is 0.338 e. The Morgan fingerprint density at radius 1 is 1.90 bits per heavy atom. The molecular formula is C6H10O4. The zero-order chi connectivity index (χ0) is 7.56. The fraction of sp³-hybridized carbons (Fsp3) is 0.833. The van der Waals surface area contributed by atoms with Crippen molar-refractivity contribution < 1.29 is 19.4 Å². The number of esters is 1. The average Bonchev–Trinajstić information content (AvgIpc) is 2.20. The standard InChI is InChI=1S/C6H10O4/c1-2-9-5-4(7)3-10-6(5)8/h4-5,7H,2-3H2,1H3/t4-,5-/m0/s1. The molecule has 2 atom stereocenters. The van der Waals surface area contributed by atoms with Crippen LogP contribution in [0.2, 0.25) is 0 Å². The summed E-state index contributed by atoms with van der Waals surface area (Å²) >= 11 is 0. The second-order valence-corrected chi connectivity index (χ2v) is 2.07. The van der Waals surface area contributed by atoms with E-state index >= 15 is 0 Å². The molecule has 0 spiro atoms. The highest BCUT2D eigenvalue weighted by molar-refractivity contribution is 5.77. The van der Waals surface area contributed by atoms with Crippen LogP contribution in [0.4, 0.5) is 0 Å². The maximum absolute atomic E-state index is 10.7. The van der Waals surface area contributed by atoms with Crippen LogP contribution in [0.1, 0.15) is 6.92 Å². The van der Waals surface area contributed by atoms with Crippen molar-refractivity contribution in [1.82, 2.24) is 0 Å². The zero-order valence-electron chi connectivity index (χ0n) is 5.74. The predicted molar refractivity (Wildman–Crippen MR) is 32.4 cm³/mol. The molecule has 58 valence electrons. The Hall–Kier alpha value is -0.610. The minimum Gasteiger partial charge on any atom is -0.461 e. The summed E-state index contributed by atoms with van der Waals surface area (Å²) in [6.07, 6.45) is -1.54. The van der Waals surface area contributed by atoms with Crippen LogP contribution in [0.5, 0.6) is 0 Å². The van der Waals surface area contributed by atoms with Crippen molar-refractivity contribution in [1.29, 1.82) is 0 Å². The summed E-state index contributed by atoms with van der Waals surface area (Å²) in [7, 11) is 0. The summed E-state index contributed by atoms with van der Waals surface area (Å²) in [6.45, 7) is 2.23. The Bertz CT molecular complexity index is 134. The minimum atomic E-state index is -0.785. The lowest BCUT2D eigenvalue weighted by atomic mass is 10.2. The van der Waals surface area contributed by atoms with Gasteiger partial charge in [0.2, 0.25) is 0 Å². The number of hydrogen-bond acceptors (Lipinski definition) is 4. The number of aliphatic hydroxyl groups is 1. The third-order valence-corrected chi connectivity index (χ3v) is 1.32. The predicted octanol–water partition coefficient (Wildman–Crippen LogP) is -0.691. The Balaban J connectivity index is 2.46. The molecule has 0 aromatic carbocycles. The van der Waals surface area contributed by atoms with Crippen molar-refractivity contribution in [2.45, 2.75) is 19.1 Å². The van der Waals surface area contributed by atoms with E-state index in [9.17, 15) is 4.79 Å². The van der Waals surface area contributed by atoms with Crippen molar-refractivity contribution in [3.05, 3.63) is 0 Å². The van der Waals surface area contributed by atoms with Gasteiger partial charge in [-0.3, -0.25) is 0 Å². The van der Waals surface area contributed by atoms with E-state index in [4.69, 9.17) is 9.84 Å². The first-order chi connectivity index (χ1) is 4.75. The molecule has 1 N–H and O–H groups in total. The normalized spacial score (nSPS) is 32.4. The van der Waals surface area contributed by atoms with Gasteiger partial charge in [0.15, 0.2) is 6.10 Å². The fourth-order valence-corrected chi connectivity index (χ4v) is 0.853. The number of rotatable bonds is 2. The minimum absolute atomic E-state index is 0.0590. The first kappa shape index (κ1) is 7.50. The second-order valence-electron chi connectivity index (χ2n) is 2.07. The van der Waals surface area contributed by atoms with E-state index in [0.29, 0.717) is 6.61 Å². The van der Waals surface area contributed by atoms with Crippen LogP contribution in [-0.4, -0.2) is 36.5 Å². The van der Waals surface area contributed by atoms with Gasteiger partial charge in [-0.1, -0.05) is 0 Å². The number of aliphatic hydroxyl groups excluding tert-OH is 1. The second kappa shape index (κ2) is 2.98. The van der Waals surface area contributed by atoms with Crippen LogP contribution in [0.25, 0.3) is 0 Å². The van der Waals surface area contributed by atoms with Gasteiger partial charge in [0.1, 0.15) is 12.7 Å². The van der Waals surface area contributed by atoms with E-state index in [0.717, 1.165) is 0 Å². The van der Waals surface area contributed by atoms with E-state index in [2.05, 4.69) is 4.74 Å². The van der Waals surface area contributed by atoms with Crippen LogP contribution < -0.4 is 0 Å². The molecule has 10 heavy (non-hydrogen) atoms. The van der Waals surface area contributed by atoms with E-state index in [1.165, 1.54) is 0 Å². The van der Waals surface area contributed by atoms with Gasteiger partial charge in [0.05, 0.1) is 0 Å². The van der Waals surface area contributed by atoms with Gasteiger partial charge in [-0.15, -0.1) is 0 Å². The first-order valence-corrected chi connectivity index (χ1v) is 3.22. The van der Waals surface area contributed by atoms with Gasteiger partial charge in [0, 0.05) is 6.61 Å². The zero-order valence-corrected chi connectivity index (χ0v) is 5.74. The molecule has 0 aliphatic carbocycles. The number of carbonyl (C=O) groups excluding carboxylic acids is 1. The van der Waals surface area contributed by atoms with Gasteiger partial charge < -0.3 is 14.6 Å². The van der Waals surface area contributed by atoms with Crippen LogP contribution in [0, 0.1) is 0 Å². The van der Waals surface area contributed by atoms with Gasteiger partial charge in [-0.2, -0.15) is 0 Å². The molecular weight excluding hydrogens is 136 g/mol. The lowest BCUT2D eigenvalue weighted by molar-refractivity contribution is -0.147. The molecule has 1 aliphatic rings. The van der Waals surface area contributed by atoms with E-state index in [1.54, 1.807) is 6.92 Å². The Labute approximate surface area is 58.7 Å². The smallest absolute Gasteiger partial charge is 0.338 e. The third-order valence-electron chi connectivity index (χ3n) is 1.32. The Morgan fingerprint density at radius 2 is 2.60 bits per heavy atom. The highest BCUT2D eigenvalue weighted by atomic mass is 16.6. The van der Waals surface area contributed by atoms with Gasteiger partial charge in [-0.05, 0) is 6.92 Å². The number of carbonyl (C=O) groups is 1. The monoisotopic (exact) mass is 146 g/mol. The highest BCUT2D eigenvalue weighted by Gasteiger charge is 2.35. The Morgan fingerprint density at radius 3 is 3.00 bits per heavy atom. The highest BCUT2D eigenvalue weighted by Crippen LogP contribution is 2.10. The lowest BCUT2D eigenvalue weighted by Gasteiger charge is -2.07. The molecule has 1 heterocycles. The summed E-state index contributed by atoms with van der Waals surface area (Å²) in [5.74, 6) is -0.464. The molecule has 0 aromatic rings. The maximum atomic E-state index is 10.7. The molecule has 4 heteroatoms. The molecule has 0 amide bonds. The van der Waals surface area contributed by atoms with Crippen molar-refractivity contribution in [2.24, 2.45) is 0 Å². The molecule has 0 aromatic heterocycles. The first-order valence-electron chi connectivity index (χ1n) is 3.22. The van der Waals surface area contributed by atoms with Crippen LogP contribution in [0.15, 0.2) is 0 Å². The van der Waals surface area contributed by atoms with E-state index in [-0.39, 0.29) is 6.61 Å². The average molecular weight is 146 g/mol. The Kier molecular flexibility index (Phi) is 2.24. The molecule has 0 unspecified atom stereocenters. The van der Waals surface area contributed by atoms with Crippen LogP contribution >= 0.6 is 0 Å². The SMILES string of the molecule is CCO[C@@H]1C(=O)OC[C@@H]1O. The molecule has 1 rings (SSSR count). The van der Waals surface area contributed by atoms with Gasteiger partial charge in [0.25, 0.3) is 0 Å². The summed E-state index contributed by atoms with van der Waals surface area (Å²) in [5, 5.41) is 9.02. The van der Waals surface area contributed by atoms with Crippen molar-refractivity contribution in [2.75, 3.05) is 13.2 Å². The largest absolute Gasteiger partial charge is 0.461 e. The lowest BCUT2D eigenvalue weighted by Crippen LogP contribution is -2.29. The van der Waals surface area contributed by atoms with Crippen molar-refractivity contribution in [3.8, 4) is 0 Å². The third kappa shape index (κ3) is 1.27. The van der Waals surface area contributed by atoms with Crippen molar-refractivity contribution >= 4 is 5.97 Å². The number of ether oxygens (including phenoxy) is 2. The van der Waals surface area contributed by atoms with Gasteiger partial charge >= 0.3 is 5.97 Å². The van der Waals surface area contributed by atoms with Gasteiger partial charge in [-0.25, -0.2) is 4.79 Å². The van der Waals surface area contributed by atoms with Crippen LogP contribution in [-0.2, 0) is 14.3 Å². The molecule has 0 saturated carbocycles. The molecule has 1 aliphatic heterocycles. The van der Waals surface area contributed by atoms with E-state index in [1.807, 2.05) is 0 Å². The van der Waals surface area contributed by atoms with Crippen LogP contribution in [0.3, 0.4) is 0 Å². The molecule has 0 bridgehead atoms. The molecule has 1 saturated heterocycles. The topological polar surface area (TPSA) is 55.8 Å². The quantitative estimate of drug-likeness (QED) is 0.524. The van der Waals surface area contributed by atoms with E-state index < -0.39 is 18.2 Å². The summed E-state index contributed by atoms with van der Waals surface area (Å²) < 4.78 is 9.42. The van der Waals surface area contributed by atoms with Crippen molar-refractivity contribution in [3.63, 3.8) is 0 Å². The summed E-state index contributed by atoms with van der Waals surface area (Å²) in [5.41, 5.74) is 0. The molecule has 4 nitrogen and oxygen atoms in total. The number of cyclic esters (lactones) is 1. The number of hydrogen-bond donors (Lipinski definition) is 1. The summed E-state index contributed by atoms with van der Waals surface area (Å²) in [6, 6.07) is 0. The molecule has 1 fully saturated rings.